The van der Waals surface area contributed by atoms with Crippen molar-refractivity contribution >= 4 is 27.7 Å². The minimum atomic E-state index is -1.06. The van der Waals surface area contributed by atoms with Crippen molar-refractivity contribution in [2.75, 3.05) is 0 Å². The zero-order valence-corrected chi connectivity index (χ0v) is 16.1. The molecule has 2 fully saturated rings. The van der Waals surface area contributed by atoms with Crippen LogP contribution in [0, 0.1) is 11.8 Å². The molecule has 2 amide bonds. The summed E-state index contributed by atoms with van der Waals surface area (Å²) in [6.07, 6.45) is 7.77. The summed E-state index contributed by atoms with van der Waals surface area (Å²) in [6, 6.07) is 7.62. The number of halogens is 1. The van der Waals surface area contributed by atoms with E-state index >= 15 is 0 Å². The first-order chi connectivity index (χ1) is 12.3. The molecule has 1 heterocycles. The number of nitrogens with zero attached hydrogens (tertiary/aromatic N) is 1. The maximum Gasteiger partial charge on any atom is 0.238 e. The summed E-state index contributed by atoms with van der Waals surface area (Å²) in [7, 11) is 0. The van der Waals surface area contributed by atoms with Gasteiger partial charge >= 0.3 is 0 Å². The van der Waals surface area contributed by atoms with Gasteiger partial charge in [-0.15, -0.1) is 0 Å². The number of benzene rings is 1. The third kappa shape index (κ3) is 2.30. The smallest absolute Gasteiger partial charge is 0.238 e. The van der Waals surface area contributed by atoms with Crippen LogP contribution in [-0.4, -0.2) is 27.4 Å². The zero-order valence-electron chi connectivity index (χ0n) is 14.5. The second-order valence-electron chi connectivity index (χ2n) is 7.54. The Hall–Kier alpha value is -1.98. The first-order valence-electron chi connectivity index (χ1n) is 8.66. The van der Waals surface area contributed by atoms with Gasteiger partial charge in [0.1, 0.15) is 0 Å². The number of aliphatic hydroxyl groups is 1. The minimum absolute atomic E-state index is 0.188. The van der Waals surface area contributed by atoms with Crippen LogP contribution in [0.5, 0.6) is 0 Å². The zero-order chi connectivity index (χ0) is 18.7. The summed E-state index contributed by atoms with van der Waals surface area (Å²) in [5, 5.41) is 10.8. The summed E-state index contributed by atoms with van der Waals surface area (Å²) >= 11 is 3.43. The van der Waals surface area contributed by atoms with Gasteiger partial charge < -0.3 is 5.11 Å². The number of allylic oxidation sites excluding steroid dienone is 2. The van der Waals surface area contributed by atoms with Crippen LogP contribution in [0.1, 0.15) is 25.3 Å². The van der Waals surface area contributed by atoms with Crippen LogP contribution < -0.4 is 0 Å². The van der Waals surface area contributed by atoms with Gasteiger partial charge in [-0.1, -0.05) is 58.9 Å². The Kier molecular flexibility index (Phi) is 3.86. The first kappa shape index (κ1) is 17.4. The van der Waals surface area contributed by atoms with Crippen molar-refractivity contribution in [3.05, 3.63) is 70.8 Å². The molecule has 5 heteroatoms. The number of likely N-dealkylation sites (tertiary alicyclic amines) is 1. The lowest BCUT2D eigenvalue weighted by molar-refractivity contribution is -0.168. The number of rotatable bonds is 3. The molecule has 3 aliphatic rings. The highest BCUT2D eigenvalue weighted by Crippen LogP contribution is 2.57. The molecule has 0 radical (unpaired) electrons. The van der Waals surface area contributed by atoms with Gasteiger partial charge in [0, 0.05) is 17.3 Å². The fourth-order valence-electron chi connectivity index (χ4n) is 4.38. The number of hydrogen-bond acceptors (Lipinski definition) is 3. The third-order valence-corrected chi connectivity index (χ3v) is 6.45. The predicted octanol–water partition coefficient (Wildman–Crippen LogP) is 3.47. The SMILES string of the molecule is C=C(C)C1(O)CC(c2ccc(Br)cc2)(N2C(=O)C3C=CC=CC3C2=O)C1. The van der Waals surface area contributed by atoms with Gasteiger partial charge in [-0.25, -0.2) is 0 Å². The van der Waals surface area contributed by atoms with Gasteiger partial charge in [-0.3, -0.25) is 14.5 Å². The second-order valence-corrected chi connectivity index (χ2v) is 8.45. The molecule has 0 spiro atoms. The molecule has 26 heavy (non-hydrogen) atoms. The number of carbonyl (C=O) groups is 2. The largest absolute Gasteiger partial charge is 0.385 e. The molecular formula is C21H20BrNO3. The number of fused-ring (bicyclic) bond motifs is 1. The van der Waals surface area contributed by atoms with Crippen LogP contribution >= 0.6 is 15.9 Å². The van der Waals surface area contributed by atoms with Crippen LogP contribution in [0.25, 0.3) is 0 Å². The first-order valence-corrected chi connectivity index (χ1v) is 9.45. The summed E-state index contributed by atoms with van der Waals surface area (Å²) in [5.74, 6) is -1.27. The van der Waals surface area contributed by atoms with Gasteiger partial charge in [0.2, 0.25) is 11.8 Å². The van der Waals surface area contributed by atoms with E-state index in [-0.39, 0.29) is 24.7 Å². The fraction of sp³-hybridized carbons (Fsp3) is 0.333. The lowest BCUT2D eigenvalue weighted by atomic mass is 9.58. The van der Waals surface area contributed by atoms with Crippen molar-refractivity contribution in [3.8, 4) is 0 Å². The highest BCUT2D eigenvalue weighted by atomic mass is 79.9. The molecule has 134 valence electrons. The Morgan fingerprint density at radius 3 is 2.08 bits per heavy atom. The van der Waals surface area contributed by atoms with E-state index in [2.05, 4.69) is 22.5 Å². The molecule has 2 atom stereocenters. The van der Waals surface area contributed by atoms with Gasteiger partial charge in [-0.05, 0) is 30.2 Å². The number of carbonyl (C=O) groups excluding carboxylic acids is 2. The number of imide groups is 1. The van der Waals surface area contributed by atoms with E-state index in [0.29, 0.717) is 5.57 Å². The highest BCUT2D eigenvalue weighted by molar-refractivity contribution is 9.10. The van der Waals surface area contributed by atoms with E-state index in [1.807, 2.05) is 36.4 Å². The van der Waals surface area contributed by atoms with Crippen LogP contribution in [0.4, 0.5) is 0 Å². The summed E-state index contributed by atoms with van der Waals surface area (Å²) in [4.78, 5) is 27.6. The van der Waals surface area contributed by atoms with Crippen LogP contribution in [0.3, 0.4) is 0 Å². The maximum atomic E-state index is 13.1. The average Bonchev–Trinajstić information content (AvgIpc) is 2.84. The molecule has 1 saturated carbocycles. The van der Waals surface area contributed by atoms with Gasteiger partial charge in [0.05, 0.1) is 23.0 Å². The molecule has 0 bridgehead atoms. The van der Waals surface area contributed by atoms with Crippen LogP contribution in [0.2, 0.25) is 0 Å². The van der Waals surface area contributed by atoms with Crippen molar-refractivity contribution in [3.63, 3.8) is 0 Å². The van der Waals surface area contributed by atoms with E-state index in [0.717, 1.165) is 10.0 Å². The summed E-state index contributed by atoms with van der Waals surface area (Å²) < 4.78 is 0.921. The standard InChI is InChI=1S/C21H20BrNO3/c1-13(2)21(26)11-20(12-21,14-7-9-15(22)10-8-14)23-18(24)16-5-3-4-6-17(16)19(23)25/h3-10,16-17,26H,1,11-12H2,2H3. The van der Waals surface area contributed by atoms with E-state index < -0.39 is 23.0 Å². The van der Waals surface area contributed by atoms with Crippen LogP contribution in [-0.2, 0) is 15.1 Å². The van der Waals surface area contributed by atoms with E-state index in [1.54, 1.807) is 19.1 Å². The Labute approximate surface area is 161 Å². The molecule has 2 aliphatic carbocycles. The Morgan fingerprint density at radius 2 is 1.62 bits per heavy atom. The molecule has 1 N–H and O–H groups in total. The lowest BCUT2D eigenvalue weighted by Gasteiger charge is -2.57. The Morgan fingerprint density at radius 1 is 1.12 bits per heavy atom. The van der Waals surface area contributed by atoms with Gasteiger partial charge in [0.15, 0.2) is 0 Å². The normalized spacial score (nSPS) is 35.4. The van der Waals surface area contributed by atoms with Gasteiger partial charge in [-0.2, -0.15) is 0 Å². The Bertz CT molecular complexity index is 832. The molecule has 1 aliphatic heterocycles. The molecule has 1 aromatic rings. The summed E-state index contributed by atoms with van der Waals surface area (Å²) in [6.45, 7) is 5.67. The van der Waals surface area contributed by atoms with Crippen molar-refractivity contribution in [1.82, 2.24) is 4.90 Å². The number of hydrogen-bond donors (Lipinski definition) is 1. The van der Waals surface area contributed by atoms with Crippen LogP contribution in [0.15, 0.2) is 65.2 Å². The molecule has 0 aromatic heterocycles. The third-order valence-electron chi connectivity index (χ3n) is 5.92. The van der Waals surface area contributed by atoms with Crippen molar-refractivity contribution in [1.29, 1.82) is 0 Å². The fourth-order valence-corrected chi connectivity index (χ4v) is 4.64. The molecule has 2 unspecified atom stereocenters. The molecule has 1 saturated heterocycles. The van der Waals surface area contributed by atoms with Gasteiger partial charge in [0.25, 0.3) is 0 Å². The predicted molar refractivity (Wildman–Crippen MR) is 102 cm³/mol. The summed E-state index contributed by atoms with van der Waals surface area (Å²) in [5.41, 5.74) is -0.379. The topological polar surface area (TPSA) is 57.6 Å². The molecular weight excluding hydrogens is 394 g/mol. The molecule has 4 nitrogen and oxygen atoms in total. The molecule has 1 aromatic carbocycles. The molecule has 4 rings (SSSR count). The van der Waals surface area contributed by atoms with E-state index in [1.165, 1.54) is 4.90 Å². The highest BCUT2D eigenvalue weighted by Gasteiger charge is 2.64. The maximum absolute atomic E-state index is 13.1. The average molecular weight is 414 g/mol. The van der Waals surface area contributed by atoms with Crippen molar-refractivity contribution in [2.45, 2.75) is 30.9 Å². The van der Waals surface area contributed by atoms with Crippen molar-refractivity contribution in [2.24, 2.45) is 11.8 Å². The monoisotopic (exact) mass is 413 g/mol. The Balaban J connectivity index is 1.80. The van der Waals surface area contributed by atoms with E-state index in [4.69, 9.17) is 0 Å². The van der Waals surface area contributed by atoms with E-state index in [9.17, 15) is 14.7 Å². The quantitative estimate of drug-likeness (QED) is 0.609. The number of amides is 2. The lowest BCUT2D eigenvalue weighted by Crippen LogP contribution is -2.65. The minimum Gasteiger partial charge on any atom is -0.385 e. The second kappa shape index (κ2) is 5.76. The van der Waals surface area contributed by atoms with Crippen molar-refractivity contribution < 1.29 is 14.7 Å².